The molecule has 0 aliphatic heterocycles. The van der Waals surface area contributed by atoms with Gasteiger partial charge in [-0.05, 0) is 44.9 Å². The predicted molar refractivity (Wildman–Crippen MR) is 306 cm³/mol. The van der Waals surface area contributed by atoms with E-state index in [1.807, 2.05) is 0 Å². The van der Waals surface area contributed by atoms with Gasteiger partial charge in [0.15, 0.2) is 0 Å². The number of hydrogen-bond donors (Lipinski definition) is 3. The maximum Gasteiger partial charge on any atom is 0.305 e. The highest BCUT2D eigenvalue weighted by Crippen LogP contribution is 2.18. The third-order valence-corrected chi connectivity index (χ3v) is 14.8. The maximum atomic E-state index is 12.5. The number of ether oxygens (including phenoxy) is 1. The highest BCUT2D eigenvalue weighted by molar-refractivity contribution is 5.76. The van der Waals surface area contributed by atoms with Crippen molar-refractivity contribution >= 4 is 11.9 Å². The molecule has 414 valence electrons. The van der Waals surface area contributed by atoms with Gasteiger partial charge in [-0.3, -0.25) is 9.59 Å². The summed E-state index contributed by atoms with van der Waals surface area (Å²) in [5.74, 6) is -0.123. The lowest BCUT2D eigenvalue weighted by molar-refractivity contribution is -0.143. The second kappa shape index (κ2) is 59.9. The Morgan fingerprint density at radius 1 is 0.400 bits per heavy atom. The van der Waals surface area contributed by atoms with Crippen molar-refractivity contribution in [1.29, 1.82) is 0 Å². The lowest BCUT2D eigenvalue weighted by Gasteiger charge is -2.22. The van der Waals surface area contributed by atoms with Crippen LogP contribution in [0.2, 0.25) is 0 Å². The minimum absolute atomic E-state index is 0.0117. The number of nitrogens with one attached hydrogen (secondary N) is 1. The first-order valence-corrected chi connectivity index (χ1v) is 31.6. The fraction of sp³-hybridized carbons (Fsp3) is 0.906. The zero-order chi connectivity index (χ0) is 50.7. The van der Waals surface area contributed by atoms with E-state index in [0.29, 0.717) is 32.3 Å². The fourth-order valence-corrected chi connectivity index (χ4v) is 9.93. The second-order valence-electron chi connectivity index (χ2n) is 21.7. The van der Waals surface area contributed by atoms with Crippen LogP contribution in [0.1, 0.15) is 348 Å². The summed E-state index contributed by atoms with van der Waals surface area (Å²) in [5, 5.41) is 23.3. The van der Waals surface area contributed by atoms with E-state index in [2.05, 4.69) is 43.5 Å². The van der Waals surface area contributed by atoms with Crippen LogP contribution in [0.25, 0.3) is 0 Å². The number of carbonyl (C=O) groups excluding carboxylic acids is 2. The Kier molecular flexibility index (Phi) is 58.5. The third kappa shape index (κ3) is 55.7. The summed E-state index contributed by atoms with van der Waals surface area (Å²) >= 11 is 0. The van der Waals surface area contributed by atoms with Crippen molar-refractivity contribution in [2.24, 2.45) is 0 Å². The lowest BCUT2D eigenvalue weighted by Crippen LogP contribution is -2.45. The van der Waals surface area contributed by atoms with Crippen LogP contribution >= 0.6 is 0 Å². The smallest absolute Gasteiger partial charge is 0.305 e. The highest BCUT2D eigenvalue weighted by Gasteiger charge is 2.20. The molecule has 3 N–H and O–H groups in total. The summed E-state index contributed by atoms with van der Waals surface area (Å²) in [5.41, 5.74) is 0. The van der Waals surface area contributed by atoms with E-state index in [-0.39, 0.29) is 18.5 Å². The molecule has 0 bridgehead atoms. The zero-order valence-electron chi connectivity index (χ0n) is 47.3. The SMILES string of the molecule is CCCCCCCCCCCCCCCCCCCCCCCCC(O)C(CO)NC(=O)CC/C=C\C/C=C\CCCCCCCCOC(=O)CCCCCCCCCCCCCCCCCCCC. The number of carbonyl (C=O) groups is 2. The number of rotatable bonds is 59. The molecule has 2 unspecified atom stereocenters. The molecule has 0 aliphatic carbocycles. The topological polar surface area (TPSA) is 95.9 Å². The molecule has 2 atom stereocenters. The molecule has 0 fully saturated rings. The van der Waals surface area contributed by atoms with Gasteiger partial charge in [0, 0.05) is 12.8 Å². The summed E-state index contributed by atoms with van der Waals surface area (Å²) < 4.78 is 5.48. The van der Waals surface area contributed by atoms with Crippen LogP contribution in [-0.4, -0.2) is 47.4 Å². The summed E-state index contributed by atoms with van der Waals surface area (Å²) in [7, 11) is 0. The average Bonchev–Trinajstić information content (AvgIpc) is 3.36. The van der Waals surface area contributed by atoms with Crippen LogP contribution in [0.4, 0.5) is 0 Å². The summed E-state index contributed by atoms with van der Waals surface area (Å²) in [4.78, 5) is 24.6. The maximum absolute atomic E-state index is 12.5. The first-order chi connectivity index (χ1) is 34.5. The van der Waals surface area contributed by atoms with Crippen molar-refractivity contribution < 1.29 is 24.5 Å². The molecule has 0 heterocycles. The van der Waals surface area contributed by atoms with Gasteiger partial charge in [0.2, 0.25) is 5.91 Å². The average molecular weight is 987 g/mol. The Balaban J connectivity index is 3.50. The Morgan fingerprint density at radius 3 is 1.11 bits per heavy atom. The van der Waals surface area contributed by atoms with Crippen LogP contribution in [0.5, 0.6) is 0 Å². The molecular formula is C64H123NO5. The summed E-state index contributed by atoms with van der Waals surface area (Å²) in [6.45, 7) is 4.92. The van der Waals surface area contributed by atoms with Crippen molar-refractivity contribution in [3.05, 3.63) is 24.3 Å². The van der Waals surface area contributed by atoms with E-state index in [9.17, 15) is 19.8 Å². The molecule has 0 spiro atoms. The molecule has 6 nitrogen and oxygen atoms in total. The number of esters is 1. The van der Waals surface area contributed by atoms with Gasteiger partial charge in [-0.1, -0.05) is 314 Å². The standard InChI is InChI=1S/C64H123NO5/c1-3-5-7-9-11-13-15-17-19-21-23-24-25-26-27-29-32-36-40-44-48-52-56-62(67)61(60-66)65-63(68)57-53-49-45-41-37-33-31-35-39-43-47-51-55-59-70-64(69)58-54-50-46-42-38-34-30-28-22-20-18-16-14-12-10-8-6-4-2/h33,37,45,49,61-62,66-67H,3-32,34-36,38-44,46-48,50-60H2,1-2H3,(H,65,68)/b37-33-,49-45-. The van der Waals surface area contributed by atoms with Gasteiger partial charge in [0.05, 0.1) is 25.4 Å². The number of allylic oxidation sites excluding steroid dienone is 4. The molecule has 6 heteroatoms. The van der Waals surface area contributed by atoms with E-state index in [0.717, 1.165) is 51.4 Å². The number of aliphatic hydroxyl groups excluding tert-OH is 2. The molecule has 0 rings (SSSR count). The quantitative estimate of drug-likeness (QED) is 0.0321. The summed E-state index contributed by atoms with van der Waals surface area (Å²) in [6.07, 6.45) is 73.4. The van der Waals surface area contributed by atoms with Crippen LogP contribution in [0.3, 0.4) is 0 Å². The van der Waals surface area contributed by atoms with Crippen molar-refractivity contribution in [2.45, 2.75) is 360 Å². The second-order valence-corrected chi connectivity index (χ2v) is 21.7. The Morgan fingerprint density at radius 2 is 0.729 bits per heavy atom. The van der Waals surface area contributed by atoms with Crippen molar-refractivity contribution in [1.82, 2.24) is 5.32 Å². The van der Waals surface area contributed by atoms with Gasteiger partial charge < -0.3 is 20.3 Å². The molecule has 0 saturated carbocycles. The van der Waals surface area contributed by atoms with Crippen LogP contribution in [-0.2, 0) is 14.3 Å². The highest BCUT2D eigenvalue weighted by atomic mass is 16.5. The molecule has 0 saturated heterocycles. The van der Waals surface area contributed by atoms with E-state index < -0.39 is 12.1 Å². The van der Waals surface area contributed by atoms with Crippen LogP contribution in [0.15, 0.2) is 24.3 Å². The molecule has 0 aromatic heterocycles. The first-order valence-electron chi connectivity index (χ1n) is 31.6. The molecule has 70 heavy (non-hydrogen) atoms. The van der Waals surface area contributed by atoms with Crippen molar-refractivity contribution in [2.75, 3.05) is 13.2 Å². The molecule has 0 aliphatic rings. The van der Waals surface area contributed by atoms with Gasteiger partial charge >= 0.3 is 5.97 Å². The first kappa shape index (κ1) is 68.3. The zero-order valence-corrected chi connectivity index (χ0v) is 47.3. The Labute approximate surface area is 437 Å². The summed E-state index contributed by atoms with van der Waals surface area (Å²) in [6, 6.07) is -0.586. The van der Waals surface area contributed by atoms with E-state index >= 15 is 0 Å². The number of amides is 1. The van der Waals surface area contributed by atoms with Crippen LogP contribution in [0, 0.1) is 0 Å². The number of aliphatic hydroxyl groups is 2. The predicted octanol–water partition coefficient (Wildman–Crippen LogP) is 19.8. The van der Waals surface area contributed by atoms with Crippen molar-refractivity contribution in [3.63, 3.8) is 0 Å². The largest absolute Gasteiger partial charge is 0.466 e. The number of hydrogen-bond acceptors (Lipinski definition) is 5. The molecule has 0 aromatic carbocycles. The minimum Gasteiger partial charge on any atom is -0.466 e. The van der Waals surface area contributed by atoms with Gasteiger partial charge in [0.1, 0.15) is 0 Å². The normalized spacial score (nSPS) is 12.7. The van der Waals surface area contributed by atoms with E-state index in [4.69, 9.17) is 4.74 Å². The Hall–Kier alpha value is -1.66. The van der Waals surface area contributed by atoms with E-state index in [1.54, 1.807) is 0 Å². The number of unbranched alkanes of at least 4 members (excludes halogenated alkanes) is 44. The van der Waals surface area contributed by atoms with Gasteiger partial charge in [-0.25, -0.2) is 0 Å². The third-order valence-electron chi connectivity index (χ3n) is 14.8. The lowest BCUT2D eigenvalue weighted by atomic mass is 10.0. The fourth-order valence-electron chi connectivity index (χ4n) is 9.93. The molecule has 0 radical (unpaired) electrons. The Bertz CT molecular complexity index is 1090. The van der Waals surface area contributed by atoms with Crippen LogP contribution < -0.4 is 5.32 Å². The molecule has 0 aromatic rings. The van der Waals surface area contributed by atoms with E-state index in [1.165, 1.54) is 257 Å². The molecular weight excluding hydrogens is 863 g/mol. The van der Waals surface area contributed by atoms with Gasteiger partial charge in [-0.15, -0.1) is 0 Å². The van der Waals surface area contributed by atoms with Gasteiger partial charge in [0.25, 0.3) is 0 Å². The minimum atomic E-state index is -0.700. The van der Waals surface area contributed by atoms with Gasteiger partial charge in [-0.2, -0.15) is 0 Å². The monoisotopic (exact) mass is 986 g/mol. The molecule has 1 amide bonds. The van der Waals surface area contributed by atoms with Crippen molar-refractivity contribution in [3.8, 4) is 0 Å².